The van der Waals surface area contributed by atoms with Crippen molar-refractivity contribution in [2.24, 2.45) is 0 Å². The number of nitrogen functional groups attached to an aromatic ring is 1. The molecule has 6 heteroatoms. The number of aromatic nitrogens is 2. The molecule has 0 spiro atoms. The van der Waals surface area contributed by atoms with Crippen molar-refractivity contribution < 1.29 is 10.2 Å². The maximum absolute atomic E-state index is 9.82. The van der Waals surface area contributed by atoms with Gasteiger partial charge in [-0.05, 0) is 19.4 Å². The zero-order valence-corrected chi connectivity index (χ0v) is 9.17. The average Bonchev–Trinajstić information content (AvgIpc) is 2.22. The van der Waals surface area contributed by atoms with E-state index in [4.69, 9.17) is 5.73 Å². The van der Waals surface area contributed by atoms with E-state index in [1.54, 1.807) is 19.2 Å². The molecule has 1 fully saturated rings. The lowest BCUT2D eigenvalue weighted by atomic mass is 9.91. The van der Waals surface area contributed by atoms with Gasteiger partial charge in [0.2, 0.25) is 5.95 Å². The molecule has 2 heterocycles. The maximum Gasteiger partial charge on any atom is 0.227 e. The fraction of sp³-hybridized carbons (Fsp3) is 0.600. The van der Waals surface area contributed by atoms with Crippen LogP contribution in [0.2, 0.25) is 0 Å². The van der Waals surface area contributed by atoms with Crippen molar-refractivity contribution >= 4 is 11.8 Å². The standard InChI is InChI=1S/C10H16N4O2/c1-10(16)3-5-14(6-7(10)15)9-12-4-2-8(11)13-9/h2,4,7,15-16H,3,5-6H2,1H3,(H2,11,12,13)/t7-,10-/m1/s1. The van der Waals surface area contributed by atoms with Gasteiger partial charge in [-0.15, -0.1) is 0 Å². The Morgan fingerprint density at radius 2 is 2.38 bits per heavy atom. The van der Waals surface area contributed by atoms with Crippen molar-refractivity contribution in [3.8, 4) is 0 Å². The summed E-state index contributed by atoms with van der Waals surface area (Å²) in [5.74, 6) is 0.895. The maximum atomic E-state index is 9.82. The third-order valence-corrected chi connectivity index (χ3v) is 2.95. The molecular weight excluding hydrogens is 208 g/mol. The van der Waals surface area contributed by atoms with Gasteiger partial charge in [0.15, 0.2) is 0 Å². The highest BCUT2D eigenvalue weighted by molar-refractivity contribution is 5.38. The summed E-state index contributed by atoms with van der Waals surface area (Å²) in [5, 5.41) is 19.6. The monoisotopic (exact) mass is 224 g/mol. The molecule has 0 radical (unpaired) electrons. The number of hydrogen-bond acceptors (Lipinski definition) is 6. The normalized spacial score (nSPS) is 30.4. The van der Waals surface area contributed by atoms with Crippen molar-refractivity contribution in [2.45, 2.75) is 25.0 Å². The van der Waals surface area contributed by atoms with Crippen LogP contribution < -0.4 is 10.6 Å². The number of rotatable bonds is 1. The van der Waals surface area contributed by atoms with E-state index >= 15 is 0 Å². The topological polar surface area (TPSA) is 95.5 Å². The Morgan fingerprint density at radius 1 is 1.62 bits per heavy atom. The third kappa shape index (κ3) is 2.07. The van der Waals surface area contributed by atoms with Crippen molar-refractivity contribution in [2.75, 3.05) is 23.7 Å². The van der Waals surface area contributed by atoms with Gasteiger partial charge in [-0.1, -0.05) is 0 Å². The highest BCUT2D eigenvalue weighted by Crippen LogP contribution is 2.24. The molecule has 2 atom stereocenters. The number of nitrogens with zero attached hydrogens (tertiary/aromatic N) is 3. The van der Waals surface area contributed by atoms with Gasteiger partial charge in [0.1, 0.15) is 5.82 Å². The van der Waals surface area contributed by atoms with Gasteiger partial charge in [-0.25, -0.2) is 4.98 Å². The van der Waals surface area contributed by atoms with Crippen molar-refractivity contribution in [3.63, 3.8) is 0 Å². The van der Waals surface area contributed by atoms with Crippen LogP contribution in [-0.4, -0.2) is 45.0 Å². The van der Waals surface area contributed by atoms with Crippen LogP contribution in [0.3, 0.4) is 0 Å². The molecule has 0 aromatic carbocycles. The van der Waals surface area contributed by atoms with E-state index in [0.29, 0.717) is 31.3 Å². The minimum Gasteiger partial charge on any atom is -0.388 e. The Labute approximate surface area is 93.7 Å². The molecule has 0 unspecified atom stereocenters. The smallest absolute Gasteiger partial charge is 0.227 e. The lowest BCUT2D eigenvalue weighted by Crippen LogP contribution is -2.54. The van der Waals surface area contributed by atoms with Crippen LogP contribution in [0.1, 0.15) is 13.3 Å². The van der Waals surface area contributed by atoms with Crippen molar-refractivity contribution in [1.82, 2.24) is 9.97 Å². The van der Waals surface area contributed by atoms with Gasteiger partial charge < -0.3 is 20.8 Å². The molecule has 0 saturated carbocycles. The zero-order valence-electron chi connectivity index (χ0n) is 9.17. The average molecular weight is 224 g/mol. The molecule has 2 rings (SSSR count). The Kier molecular flexibility index (Phi) is 2.69. The number of anilines is 2. The molecule has 1 saturated heterocycles. The van der Waals surface area contributed by atoms with Gasteiger partial charge >= 0.3 is 0 Å². The molecule has 6 nitrogen and oxygen atoms in total. The lowest BCUT2D eigenvalue weighted by molar-refractivity contribution is -0.0724. The van der Waals surface area contributed by atoms with Crippen molar-refractivity contribution in [3.05, 3.63) is 12.3 Å². The zero-order chi connectivity index (χ0) is 11.8. The number of β-amino-alcohol motifs (C(OH)–C–C–N with tert-alkyl or cyclic N) is 1. The Morgan fingerprint density at radius 3 is 3.00 bits per heavy atom. The second-order valence-electron chi connectivity index (χ2n) is 4.35. The minimum absolute atomic E-state index is 0.316. The summed E-state index contributed by atoms with van der Waals surface area (Å²) in [7, 11) is 0. The predicted octanol–water partition coefficient (Wildman–Crippen LogP) is -0.619. The van der Waals surface area contributed by atoms with Gasteiger partial charge in [-0.3, -0.25) is 0 Å². The minimum atomic E-state index is -1.03. The van der Waals surface area contributed by atoms with Gasteiger partial charge in [0, 0.05) is 19.3 Å². The van der Waals surface area contributed by atoms with E-state index in [1.165, 1.54) is 0 Å². The quantitative estimate of drug-likeness (QED) is 0.588. The summed E-state index contributed by atoms with van der Waals surface area (Å²) in [4.78, 5) is 9.98. The molecule has 1 aromatic heterocycles. The first-order chi connectivity index (χ1) is 7.49. The Balaban J connectivity index is 2.14. The van der Waals surface area contributed by atoms with Crippen molar-refractivity contribution in [1.29, 1.82) is 0 Å². The molecule has 88 valence electrons. The van der Waals surface area contributed by atoms with E-state index in [9.17, 15) is 10.2 Å². The molecule has 4 N–H and O–H groups in total. The highest BCUT2D eigenvalue weighted by Gasteiger charge is 2.37. The Bertz CT molecular complexity index is 383. The molecule has 0 aliphatic carbocycles. The molecule has 1 aliphatic rings. The number of aliphatic hydroxyl groups is 2. The predicted molar refractivity (Wildman–Crippen MR) is 59.9 cm³/mol. The fourth-order valence-corrected chi connectivity index (χ4v) is 1.72. The summed E-state index contributed by atoms with van der Waals surface area (Å²) in [5.41, 5.74) is 4.53. The van der Waals surface area contributed by atoms with Crippen LogP contribution in [-0.2, 0) is 0 Å². The molecule has 0 amide bonds. The van der Waals surface area contributed by atoms with Crippen LogP contribution >= 0.6 is 0 Å². The first-order valence-corrected chi connectivity index (χ1v) is 5.23. The molecular formula is C10H16N4O2. The summed E-state index contributed by atoms with van der Waals surface area (Å²) >= 11 is 0. The van der Waals surface area contributed by atoms with Crippen LogP contribution in [0.4, 0.5) is 11.8 Å². The first-order valence-electron chi connectivity index (χ1n) is 5.23. The van der Waals surface area contributed by atoms with E-state index in [0.717, 1.165) is 0 Å². The Hall–Kier alpha value is -1.40. The van der Waals surface area contributed by atoms with Gasteiger partial charge in [-0.2, -0.15) is 4.98 Å². The molecule has 0 bridgehead atoms. The van der Waals surface area contributed by atoms with Crippen LogP contribution in [0.5, 0.6) is 0 Å². The number of nitrogens with two attached hydrogens (primary N) is 1. The molecule has 1 aromatic rings. The second-order valence-corrected chi connectivity index (χ2v) is 4.35. The van der Waals surface area contributed by atoms with E-state index in [-0.39, 0.29) is 0 Å². The summed E-state index contributed by atoms with van der Waals surface area (Å²) < 4.78 is 0. The third-order valence-electron chi connectivity index (χ3n) is 2.95. The van der Waals surface area contributed by atoms with Gasteiger partial charge in [0.25, 0.3) is 0 Å². The fourth-order valence-electron chi connectivity index (χ4n) is 1.72. The molecule has 1 aliphatic heterocycles. The summed E-state index contributed by atoms with van der Waals surface area (Å²) in [6.45, 7) is 2.55. The van der Waals surface area contributed by atoms with E-state index in [1.807, 2.05) is 4.90 Å². The SMILES string of the molecule is C[C@@]1(O)CCN(c2nccc(N)n2)C[C@H]1O. The van der Waals surface area contributed by atoms with E-state index in [2.05, 4.69) is 9.97 Å². The number of aliphatic hydroxyl groups excluding tert-OH is 1. The van der Waals surface area contributed by atoms with Crippen LogP contribution in [0, 0.1) is 0 Å². The summed E-state index contributed by atoms with van der Waals surface area (Å²) in [6.07, 6.45) is 1.26. The highest BCUT2D eigenvalue weighted by atomic mass is 16.3. The number of piperidine rings is 1. The van der Waals surface area contributed by atoms with Gasteiger partial charge in [0.05, 0.1) is 11.7 Å². The van der Waals surface area contributed by atoms with Crippen LogP contribution in [0.25, 0.3) is 0 Å². The second kappa shape index (κ2) is 3.88. The van der Waals surface area contributed by atoms with E-state index < -0.39 is 11.7 Å². The lowest BCUT2D eigenvalue weighted by Gasteiger charge is -2.39. The number of hydrogen-bond donors (Lipinski definition) is 3. The summed E-state index contributed by atoms with van der Waals surface area (Å²) in [6, 6.07) is 1.61. The first kappa shape index (κ1) is 11.1. The molecule has 16 heavy (non-hydrogen) atoms. The van der Waals surface area contributed by atoms with Crippen LogP contribution in [0.15, 0.2) is 12.3 Å². The largest absolute Gasteiger partial charge is 0.388 e.